The molecule has 1 N–H and O–H groups in total. The molecule has 4 nitrogen and oxygen atoms in total. The molecule has 1 atom stereocenters. The Morgan fingerprint density at radius 1 is 1.47 bits per heavy atom. The Kier molecular flexibility index (Phi) is 3.59. The van der Waals surface area contributed by atoms with Gasteiger partial charge >= 0.3 is 0 Å². The first-order valence-corrected chi connectivity index (χ1v) is 6.43. The maximum Gasteiger partial charge on any atom is 0.138 e. The second-order valence-corrected chi connectivity index (χ2v) is 5.30. The second-order valence-electron chi connectivity index (χ2n) is 4.06. The van der Waals surface area contributed by atoms with Crippen molar-refractivity contribution in [2.45, 2.75) is 26.4 Å². The van der Waals surface area contributed by atoms with Crippen molar-refractivity contribution in [1.82, 2.24) is 9.97 Å². The lowest BCUT2D eigenvalue weighted by molar-refractivity contribution is 0.117. The number of methoxy groups -OCH3 is 1. The number of aryl methyl sites for hydroxylation is 1. The van der Waals surface area contributed by atoms with E-state index < -0.39 is 0 Å². The maximum atomic E-state index is 5.25. The Bertz CT molecular complexity index is 524. The minimum absolute atomic E-state index is 0.137. The zero-order valence-electron chi connectivity index (χ0n) is 10.6. The zero-order chi connectivity index (χ0) is 12.4. The highest BCUT2D eigenvalue weighted by Gasteiger charge is 2.11. The molecule has 2 aromatic rings. The van der Waals surface area contributed by atoms with E-state index in [-0.39, 0.29) is 6.10 Å². The Morgan fingerprint density at radius 2 is 2.24 bits per heavy atom. The Hall–Kier alpha value is -1.20. The Morgan fingerprint density at radius 3 is 2.88 bits per heavy atom. The summed E-state index contributed by atoms with van der Waals surface area (Å²) in [4.78, 5) is 11.4. The maximum absolute atomic E-state index is 5.25. The van der Waals surface area contributed by atoms with Crippen molar-refractivity contribution in [2.75, 3.05) is 19.5 Å². The van der Waals surface area contributed by atoms with Gasteiger partial charge in [-0.3, -0.25) is 0 Å². The third-order valence-electron chi connectivity index (χ3n) is 2.67. The van der Waals surface area contributed by atoms with Gasteiger partial charge in [0.1, 0.15) is 16.5 Å². The molecule has 2 aromatic heterocycles. The quantitative estimate of drug-likeness (QED) is 0.907. The van der Waals surface area contributed by atoms with E-state index >= 15 is 0 Å². The number of rotatable bonds is 4. The first kappa shape index (κ1) is 12.3. The number of nitrogens with one attached hydrogen (secondary N) is 1. The first-order valence-electron chi connectivity index (χ1n) is 5.61. The normalized spacial score (nSPS) is 12.9. The number of ether oxygens (including phenoxy) is 1. The smallest absolute Gasteiger partial charge is 0.138 e. The molecule has 0 fully saturated rings. The second kappa shape index (κ2) is 4.98. The van der Waals surface area contributed by atoms with Crippen LogP contribution in [0.1, 0.15) is 17.6 Å². The summed E-state index contributed by atoms with van der Waals surface area (Å²) >= 11 is 1.70. The highest BCUT2D eigenvalue weighted by Crippen LogP contribution is 2.28. The highest BCUT2D eigenvalue weighted by molar-refractivity contribution is 7.18. The molecule has 2 heterocycles. The molecule has 0 bridgehead atoms. The molecule has 0 amide bonds. The van der Waals surface area contributed by atoms with Crippen LogP contribution in [-0.2, 0) is 11.2 Å². The fourth-order valence-electron chi connectivity index (χ4n) is 1.71. The predicted octanol–water partition coefficient (Wildman–Crippen LogP) is 2.62. The number of fused-ring (bicyclic) bond motifs is 1. The van der Waals surface area contributed by atoms with Gasteiger partial charge in [-0.15, -0.1) is 11.3 Å². The number of nitrogens with zero attached hydrogens (tertiary/aromatic N) is 2. The van der Waals surface area contributed by atoms with E-state index in [1.165, 1.54) is 4.88 Å². The monoisotopic (exact) mass is 251 g/mol. The number of aromatic nitrogens is 2. The molecule has 0 aliphatic rings. The SMILES string of the molecule is CNc1nc(CC(C)OC)nc2sc(C)cc12. The van der Waals surface area contributed by atoms with E-state index in [0.29, 0.717) is 0 Å². The van der Waals surface area contributed by atoms with Gasteiger partial charge in [-0.25, -0.2) is 9.97 Å². The summed E-state index contributed by atoms with van der Waals surface area (Å²) in [5.41, 5.74) is 0. The number of hydrogen-bond donors (Lipinski definition) is 1. The fourth-order valence-corrected chi connectivity index (χ4v) is 2.61. The molecule has 0 saturated heterocycles. The van der Waals surface area contributed by atoms with Gasteiger partial charge in [0, 0.05) is 25.5 Å². The minimum Gasteiger partial charge on any atom is -0.381 e. The number of thiophene rings is 1. The van der Waals surface area contributed by atoms with Crippen LogP contribution in [0.15, 0.2) is 6.07 Å². The summed E-state index contributed by atoms with van der Waals surface area (Å²) in [5, 5.41) is 4.23. The van der Waals surface area contributed by atoms with Crippen LogP contribution in [0.25, 0.3) is 10.2 Å². The third-order valence-corrected chi connectivity index (χ3v) is 3.62. The van der Waals surface area contributed by atoms with Crippen LogP contribution >= 0.6 is 11.3 Å². The lowest BCUT2D eigenvalue weighted by Crippen LogP contribution is -2.12. The molecular formula is C12H17N3OS. The lowest BCUT2D eigenvalue weighted by atomic mass is 10.2. The highest BCUT2D eigenvalue weighted by atomic mass is 32.1. The zero-order valence-corrected chi connectivity index (χ0v) is 11.4. The average molecular weight is 251 g/mol. The molecule has 1 unspecified atom stereocenters. The molecule has 0 aromatic carbocycles. The topological polar surface area (TPSA) is 47.0 Å². The van der Waals surface area contributed by atoms with E-state index in [1.807, 2.05) is 14.0 Å². The van der Waals surface area contributed by atoms with Crippen LogP contribution < -0.4 is 5.32 Å². The summed E-state index contributed by atoms with van der Waals surface area (Å²) in [6.07, 6.45) is 0.871. The molecule has 2 rings (SSSR count). The van der Waals surface area contributed by atoms with Crippen LogP contribution in [0.2, 0.25) is 0 Å². The Balaban J connectivity index is 2.44. The largest absolute Gasteiger partial charge is 0.381 e. The summed E-state index contributed by atoms with van der Waals surface area (Å²) in [5.74, 6) is 1.73. The molecule has 0 radical (unpaired) electrons. The molecular weight excluding hydrogens is 234 g/mol. The molecule has 0 aliphatic heterocycles. The predicted molar refractivity (Wildman–Crippen MR) is 71.9 cm³/mol. The van der Waals surface area contributed by atoms with Crippen molar-refractivity contribution in [3.05, 3.63) is 16.8 Å². The minimum atomic E-state index is 0.137. The van der Waals surface area contributed by atoms with E-state index in [2.05, 4.69) is 28.3 Å². The van der Waals surface area contributed by atoms with Crippen molar-refractivity contribution >= 4 is 27.4 Å². The molecule has 0 aliphatic carbocycles. The van der Waals surface area contributed by atoms with Crippen molar-refractivity contribution < 1.29 is 4.74 Å². The van der Waals surface area contributed by atoms with Gasteiger partial charge in [-0.05, 0) is 19.9 Å². The summed E-state index contributed by atoms with van der Waals surface area (Å²) in [6, 6.07) is 2.12. The van der Waals surface area contributed by atoms with Gasteiger partial charge in [-0.1, -0.05) is 0 Å². The van der Waals surface area contributed by atoms with Crippen molar-refractivity contribution in [1.29, 1.82) is 0 Å². The fraction of sp³-hybridized carbons (Fsp3) is 0.500. The molecule has 0 saturated carbocycles. The summed E-state index contributed by atoms with van der Waals surface area (Å²) < 4.78 is 5.25. The standard InChI is InChI=1S/C12H17N3OS/c1-7(16-4)5-10-14-11(13-3)9-6-8(2)17-12(9)15-10/h6-7H,5H2,1-4H3,(H,13,14,15). The summed E-state index contributed by atoms with van der Waals surface area (Å²) in [6.45, 7) is 4.11. The summed E-state index contributed by atoms with van der Waals surface area (Å²) in [7, 11) is 3.59. The van der Waals surface area contributed by atoms with Gasteiger partial charge in [0.2, 0.25) is 0 Å². The van der Waals surface area contributed by atoms with Crippen LogP contribution in [0.5, 0.6) is 0 Å². The molecule has 92 valence electrons. The van der Waals surface area contributed by atoms with E-state index in [4.69, 9.17) is 4.74 Å². The number of anilines is 1. The van der Waals surface area contributed by atoms with Crippen LogP contribution in [0.4, 0.5) is 5.82 Å². The lowest BCUT2D eigenvalue weighted by Gasteiger charge is -2.09. The van der Waals surface area contributed by atoms with E-state index in [0.717, 1.165) is 28.3 Å². The van der Waals surface area contributed by atoms with Gasteiger partial charge in [0.25, 0.3) is 0 Å². The number of hydrogen-bond acceptors (Lipinski definition) is 5. The van der Waals surface area contributed by atoms with E-state index in [9.17, 15) is 0 Å². The van der Waals surface area contributed by atoms with Crippen molar-refractivity contribution in [3.63, 3.8) is 0 Å². The van der Waals surface area contributed by atoms with Crippen LogP contribution in [0, 0.1) is 6.92 Å². The first-order chi connectivity index (χ1) is 8.13. The van der Waals surface area contributed by atoms with E-state index in [1.54, 1.807) is 18.4 Å². The van der Waals surface area contributed by atoms with Gasteiger partial charge in [0.05, 0.1) is 11.5 Å². The van der Waals surface area contributed by atoms with Gasteiger partial charge in [-0.2, -0.15) is 0 Å². The third kappa shape index (κ3) is 2.56. The average Bonchev–Trinajstić information content (AvgIpc) is 2.68. The molecule has 0 spiro atoms. The van der Waals surface area contributed by atoms with Gasteiger partial charge < -0.3 is 10.1 Å². The van der Waals surface area contributed by atoms with Crippen molar-refractivity contribution in [3.8, 4) is 0 Å². The molecule has 17 heavy (non-hydrogen) atoms. The van der Waals surface area contributed by atoms with Crippen LogP contribution in [0.3, 0.4) is 0 Å². The van der Waals surface area contributed by atoms with Crippen LogP contribution in [-0.4, -0.2) is 30.2 Å². The molecule has 5 heteroatoms. The van der Waals surface area contributed by atoms with Gasteiger partial charge in [0.15, 0.2) is 0 Å². The Labute approximate surface area is 105 Å². The van der Waals surface area contributed by atoms with Crippen molar-refractivity contribution in [2.24, 2.45) is 0 Å².